The lowest BCUT2D eigenvalue weighted by molar-refractivity contribution is 0.0992. The number of nitrogens with one attached hydrogen (secondary N) is 1. The first-order valence-electron chi connectivity index (χ1n) is 5.89. The van der Waals surface area contributed by atoms with Crippen molar-refractivity contribution < 1.29 is 9.84 Å². The van der Waals surface area contributed by atoms with Crippen LogP contribution in [0.5, 0.6) is 0 Å². The summed E-state index contributed by atoms with van der Waals surface area (Å²) in [6, 6.07) is 7.73. The van der Waals surface area contributed by atoms with Crippen LogP contribution in [0.25, 0.3) is 10.8 Å². The van der Waals surface area contributed by atoms with E-state index in [9.17, 15) is 0 Å². The average molecular weight is 346 g/mol. The first kappa shape index (κ1) is 14.5. The fourth-order valence-electron chi connectivity index (χ4n) is 1.77. The Hall–Kier alpha value is -0.880. The van der Waals surface area contributed by atoms with E-state index in [2.05, 4.69) is 26.2 Å². The lowest BCUT2D eigenvalue weighted by atomic mass is 10.1. The number of benzene rings is 1. The summed E-state index contributed by atoms with van der Waals surface area (Å²) < 4.78 is 6.16. The van der Waals surface area contributed by atoms with E-state index in [4.69, 9.17) is 21.4 Å². The molecule has 0 saturated heterocycles. The maximum atomic E-state index is 8.62. The number of halogens is 2. The number of fused-ring (bicyclic) bond motifs is 1. The van der Waals surface area contributed by atoms with Crippen LogP contribution < -0.4 is 5.32 Å². The zero-order valence-corrected chi connectivity index (χ0v) is 12.5. The van der Waals surface area contributed by atoms with Gasteiger partial charge in [-0.1, -0.05) is 39.7 Å². The Balaban J connectivity index is 2.17. The van der Waals surface area contributed by atoms with Crippen molar-refractivity contribution in [2.75, 3.05) is 31.7 Å². The van der Waals surface area contributed by atoms with Gasteiger partial charge in [0.25, 0.3) is 0 Å². The summed E-state index contributed by atoms with van der Waals surface area (Å²) in [7, 11) is 0. The Morgan fingerprint density at radius 3 is 3.00 bits per heavy atom. The van der Waals surface area contributed by atoms with E-state index in [1.165, 1.54) is 0 Å². The molecule has 0 aliphatic carbocycles. The normalized spacial score (nSPS) is 10.9. The maximum absolute atomic E-state index is 8.62. The Morgan fingerprint density at radius 2 is 2.21 bits per heavy atom. The molecule has 0 fully saturated rings. The molecule has 1 aromatic carbocycles. The number of aliphatic hydroxyl groups excluding tert-OH is 1. The topological polar surface area (TPSA) is 54.4 Å². The standard InChI is InChI=1S/C13H14BrClN2O2/c14-10-3-1-2-9-8-11(15)17-13(12(9)10)16-4-6-19-7-5-18/h1-3,8,18H,4-7H2,(H,16,17). The van der Waals surface area contributed by atoms with E-state index in [1.54, 1.807) is 0 Å². The van der Waals surface area contributed by atoms with E-state index in [1.807, 2.05) is 24.3 Å². The zero-order chi connectivity index (χ0) is 13.7. The van der Waals surface area contributed by atoms with Crippen LogP contribution in [0, 0.1) is 0 Å². The summed E-state index contributed by atoms with van der Waals surface area (Å²) in [4.78, 5) is 4.30. The smallest absolute Gasteiger partial charge is 0.136 e. The summed E-state index contributed by atoms with van der Waals surface area (Å²) in [5.41, 5.74) is 0. The van der Waals surface area contributed by atoms with Crippen molar-refractivity contribution in [3.05, 3.63) is 33.9 Å². The number of ether oxygens (including phenoxy) is 1. The molecule has 0 aliphatic rings. The van der Waals surface area contributed by atoms with Crippen LogP contribution in [0.1, 0.15) is 0 Å². The highest BCUT2D eigenvalue weighted by atomic mass is 79.9. The van der Waals surface area contributed by atoms with Gasteiger partial charge in [-0.3, -0.25) is 0 Å². The Morgan fingerprint density at radius 1 is 1.37 bits per heavy atom. The van der Waals surface area contributed by atoms with E-state index >= 15 is 0 Å². The summed E-state index contributed by atoms with van der Waals surface area (Å²) in [6.45, 7) is 1.48. The molecular weight excluding hydrogens is 332 g/mol. The lowest BCUT2D eigenvalue weighted by Gasteiger charge is -2.11. The minimum absolute atomic E-state index is 0.0316. The summed E-state index contributed by atoms with van der Waals surface area (Å²) in [6.07, 6.45) is 0. The summed E-state index contributed by atoms with van der Waals surface area (Å²) in [5, 5.41) is 14.3. The molecule has 0 radical (unpaired) electrons. The third-order valence-corrected chi connectivity index (χ3v) is 3.40. The number of aromatic nitrogens is 1. The average Bonchev–Trinajstić information content (AvgIpc) is 2.38. The quantitative estimate of drug-likeness (QED) is 0.624. The Kier molecular flexibility index (Phi) is 5.39. The van der Waals surface area contributed by atoms with Crippen LogP contribution in [-0.2, 0) is 4.74 Å². The highest BCUT2D eigenvalue weighted by Gasteiger charge is 2.07. The van der Waals surface area contributed by atoms with Gasteiger partial charge < -0.3 is 15.2 Å². The minimum atomic E-state index is 0.0316. The van der Waals surface area contributed by atoms with Gasteiger partial charge in [0.05, 0.1) is 19.8 Å². The molecule has 2 aromatic rings. The Labute approximate surface area is 124 Å². The van der Waals surface area contributed by atoms with Gasteiger partial charge in [0, 0.05) is 16.4 Å². The number of rotatable bonds is 6. The van der Waals surface area contributed by atoms with Gasteiger partial charge >= 0.3 is 0 Å². The van der Waals surface area contributed by atoms with Gasteiger partial charge in [0.2, 0.25) is 0 Å². The van der Waals surface area contributed by atoms with E-state index in [0.717, 1.165) is 21.1 Å². The second-order valence-electron chi connectivity index (χ2n) is 3.89. The molecule has 0 aliphatic heterocycles. The number of hydrogen-bond acceptors (Lipinski definition) is 4. The van der Waals surface area contributed by atoms with Gasteiger partial charge in [0.15, 0.2) is 0 Å². The van der Waals surface area contributed by atoms with Crippen LogP contribution >= 0.6 is 27.5 Å². The van der Waals surface area contributed by atoms with Crippen LogP contribution in [0.2, 0.25) is 5.15 Å². The van der Waals surface area contributed by atoms with Gasteiger partial charge in [-0.2, -0.15) is 0 Å². The first-order chi connectivity index (χ1) is 9.22. The number of aliphatic hydroxyl groups is 1. The molecule has 6 heteroatoms. The maximum Gasteiger partial charge on any atom is 0.136 e. The van der Waals surface area contributed by atoms with Crippen molar-refractivity contribution in [2.45, 2.75) is 0 Å². The Bertz CT molecular complexity index is 566. The highest BCUT2D eigenvalue weighted by Crippen LogP contribution is 2.31. The van der Waals surface area contributed by atoms with Crippen molar-refractivity contribution in [1.82, 2.24) is 4.98 Å². The molecule has 0 bridgehead atoms. The van der Waals surface area contributed by atoms with Crippen molar-refractivity contribution in [3.8, 4) is 0 Å². The highest BCUT2D eigenvalue weighted by molar-refractivity contribution is 9.10. The zero-order valence-electron chi connectivity index (χ0n) is 10.2. The van der Waals surface area contributed by atoms with E-state index in [0.29, 0.717) is 24.9 Å². The van der Waals surface area contributed by atoms with Crippen molar-refractivity contribution in [3.63, 3.8) is 0 Å². The fourth-order valence-corrected chi connectivity index (χ4v) is 2.54. The van der Waals surface area contributed by atoms with Crippen LogP contribution in [0.3, 0.4) is 0 Å². The SMILES string of the molecule is OCCOCCNc1nc(Cl)cc2cccc(Br)c12. The van der Waals surface area contributed by atoms with Gasteiger partial charge in [0.1, 0.15) is 11.0 Å². The third kappa shape index (κ3) is 3.79. The molecule has 1 aromatic heterocycles. The van der Waals surface area contributed by atoms with Gasteiger partial charge in [-0.25, -0.2) is 4.98 Å². The lowest BCUT2D eigenvalue weighted by Crippen LogP contribution is -2.12. The fraction of sp³-hybridized carbons (Fsp3) is 0.308. The monoisotopic (exact) mass is 344 g/mol. The molecule has 0 saturated carbocycles. The molecule has 19 heavy (non-hydrogen) atoms. The molecule has 4 nitrogen and oxygen atoms in total. The third-order valence-electron chi connectivity index (χ3n) is 2.55. The summed E-state index contributed by atoms with van der Waals surface area (Å²) in [5.74, 6) is 0.725. The van der Waals surface area contributed by atoms with Crippen LogP contribution in [-0.4, -0.2) is 36.5 Å². The molecule has 0 amide bonds. The van der Waals surface area contributed by atoms with E-state index < -0.39 is 0 Å². The van der Waals surface area contributed by atoms with Crippen LogP contribution in [0.4, 0.5) is 5.82 Å². The molecule has 0 atom stereocenters. The molecular formula is C13H14BrClN2O2. The second-order valence-corrected chi connectivity index (χ2v) is 5.14. The number of anilines is 1. The predicted octanol–water partition coefficient (Wildman–Crippen LogP) is 3.07. The number of nitrogens with zero attached hydrogens (tertiary/aromatic N) is 1. The van der Waals surface area contributed by atoms with Crippen molar-refractivity contribution in [1.29, 1.82) is 0 Å². The first-order valence-corrected chi connectivity index (χ1v) is 7.06. The molecule has 0 unspecified atom stereocenters. The van der Waals surface area contributed by atoms with Gasteiger partial charge in [-0.15, -0.1) is 0 Å². The largest absolute Gasteiger partial charge is 0.394 e. The second kappa shape index (κ2) is 7.05. The number of pyridine rings is 1. The molecule has 0 spiro atoms. The predicted molar refractivity (Wildman–Crippen MR) is 80.8 cm³/mol. The van der Waals surface area contributed by atoms with E-state index in [-0.39, 0.29) is 6.61 Å². The minimum Gasteiger partial charge on any atom is -0.394 e. The molecule has 2 N–H and O–H groups in total. The number of hydrogen-bond donors (Lipinski definition) is 2. The van der Waals surface area contributed by atoms with Crippen LogP contribution in [0.15, 0.2) is 28.7 Å². The molecule has 1 heterocycles. The molecule has 2 rings (SSSR count). The summed E-state index contributed by atoms with van der Waals surface area (Å²) >= 11 is 9.53. The van der Waals surface area contributed by atoms with Crippen molar-refractivity contribution in [2.24, 2.45) is 0 Å². The van der Waals surface area contributed by atoms with Gasteiger partial charge in [-0.05, 0) is 17.5 Å². The molecule has 102 valence electrons. The van der Waals surface area contributed by atoms with Crippen molar-refractivity contribution >= 4 is 44.1 Å².